The molecule has 0 unspecified atom stereocenters. The van der Waals surface area contributed by atoms with E-state index < -0.39 is 18.1 Å². The van der Waals surface area contributed by atoms with E-state index in [2.05, 4.69) is 30.8 Å². The molecular formula is C28H34N2O4. The van der Waals surface area contributed by atoms with Gasteiger partial charge in [-0.3, -0.25) is 4.79 Å². The number of carbonyl (C=O) groups is 2. The fraction of sp³-hybridized carbons (Fsp3) is 0.429. The SMILES string of the molecule is C=Cc1cccc(-c2cccc(CO[C@@H]3C[C@@H](C(=O)O)N(C(=O)[C@@H](N)C4CCCCC4)C3)c2)c1. The molecule has 0 spiro atoms. The molecule has 3 atom stereocenters. The van der Waals surface area contributed by atoms with Crippen LogP contribution in [0.3, 0.4) is 0 Å². The van der Waals surface area contributed by atoms with Gasteiger partial charge in [-0.05, 0) is 53.1 Å². The standard InChI is InChI=1S/C28H34N2O4/c1-2-19-8-6-12-22(14-19)23-13-7-9-20(15-23)18-34-24-16-25(28(32)33)30(17-24)27(31)26(29)21-10-4-3-5-11-21/h2,6-9,12-15,21,24-26H,1,3-5,10-11,16-18,29H2,(H,32,33)/t24-,25+,26+/m1/s1. The number of nitrogens with two attached hydrogens (primary N) is 1. The van der Waals surface area contributed by atoms with Crippen molar-refractivity contribution in [3.05, 3.63) is 66.2 Å². The highest BCUT2D eigenvalue weighted by Gasteiger charge is 2.43. The predicted molar refractivity (Wildman–Crippen MR) is 133 cm³/mol. The fourth-order valence-corrected chi connectivity index (χ4v) is 5.18. The van der Waals surface area contributed by atoms with Gasteiger partial charge in [0.05, 0.1) is 18.8 Å². The van der Waals surface area contributed by atoms with Gasteiger partial charge in [0, 0.05) is 13.0 Å². The zero-order valence-corrected chi connectivity index (χ0v) is 19.6. The van der Waals surface area contributed by atoms with Crippen LogP contribution in [0.25, 0.3) is 17.2 Å². The monoisotopic (exact) mass is 462 g/mol. The Morgan fingerprint density at radius 2 is 1.82 bits per heavy atom. The van der Waals surface area contributed by atoms with E-state index in [1.165, 1.54) is 11.3 Å². The number of nitrogens with zero attached hydrogens (tertiary/aromatic N) is 1. The van der Waals surface area contributed by atoms with Crippen LogP contribution < -0.4 is 5.73 Å². The number of rotatable bonds is 8. The van der Waals surface area contributed by atoms with Gasteiger partial charge in [-0.15, -0.1) is 0 Å². The molecule has 6 nitrogen and oxygen atoms in total. The normalized spacial score (nSPS) is 21.9. The molecule has 0 radical (unpaired) electrons. The number of benzene rings is 2. The Morgan fingerprint density at radius 3 is 2.53 bits per heavy atom. The van der Waals surface area contributed by atoms with Gasteiger partial charge in [0.25, 0.3) is 0 Å². The molecule has 2 aromatic carbocycles. The first kappa shape index (κ1) is 24.2. The Morgan fingerprint density at radius 1 is 1.12 bits per heavy atom. The summed E-state index contributed by atoms with van der Waals surface area (Å²) in [6.45, 7) is 4.44. The van der Waals surface area contributed by atoms with Crippen LogP contribution in [-0.2, 0) is 20.9 Å². The zero-order chi connectivity index (χ0) is 24.1. The largest absolute Gasteiger partial charge is 0.480 e. The van der Waals surface area contributed by atoms with Gasteiger partial charge < -0.3 is 20.5 Å². The van der Waals surface area contributed by atoms with Crippen molar-refractivity contribution in [2.24, 2.45) is 11.7 Å². The summed E-state index contributed by atoms with van der Waals surface area (Å²) in [7, 11) is 0. The highest BCUT2D eigenvalue weighted by molar-refractivity contribution is 5.87. The van der Waals surface area contributed by atoms with E-state index in [-0.39, 0.29) is 30.9 Å². The Hall–Kier alpha value is -2.96. The fourth-order valence-electron chi connectivity index (χ4n) is 5.18. The highest BCUT2D eigenvalue weighted by Crippen LogP contribution is 2.29. The first-order chi connectivity index (χ1) is 16.5. The van der Waals surface area contributed by atoms with Crippen LogP contribution in [0.5, 0.6) is 0 Å². The molecule has 1 aliphatic heterocycles. The molecule has 2 aliphatic rings. The summed E-state index contributed by atoms with van der Waals surface area (Å²) in [5, 5.41) is 9.74. The number of amides is 1. The molecule has 1 heterocycles. The molecule has 1 aliphatic carbocycles. The van der Waals surface area contributed by atoms with Crippen LogP contribution in [0.4, 0.5) is 0 Å². The molecule has 0 aromatic heterocycles. The van der Waals surface area contributed by atoms with Gasteiger partial charge >= 0.3 is 5.97 Å². The third-order valence-corrected chi connectivity index (χ3v) is 7.14. The molecule has 2 aromatic rings. The van der Waals surface area contributed by atoms with E-state index in [9.17, 15) is 14.7 Å². The summed E-state index contributed by atoms with van der Waals surface area (Å²) in [4.78, 5) is 26.4. The maximum atomic E-state index is 13.1. The molecule has 6 heteroatoms. The Kier molecular flexibility index (Phi) is 7.80. The molecule has 1 amide bonds. The lowest BCUT2D eigenvalue weighted by Gasteiger charge is -2.31. The second-order valence-corrected chi connectivity index (χ2v) is 9.47. The summed E-state index contributed by atoms with van der Waals surface area (Å²) in [6, 6.07) is 14.7. The van der Waals surface area contributed by atoms with Crippen LogP contribution in [0.1, 0.15) is 49.7 Å². The van der Waals surface area contributed by atoms with Gasteiger partial charge in [-0.25, -0.2) is 4.79 Å². The summed E-state index contributed by atoms with van der Waals surface area (Å²) in [6.07, 6.45) is 6.97. The lowest BCUT2D eigenvalue weighted by molar-refractivity contribution is -0.149. The molecule has 4 rings (SSSR count). The third-order valence-electron chi connectivity index (χ3n) is 7.14. The number of hydrogen-bond donors (Lipinski definition) is 2. The van der Waals surface area contributed by atoms with Gasteiger partial charge in [-0.1, -0.05) is 68.3 Å². The van der Waals surface area contributed by atoms with E-state index in [1.807, 2.05) is 30.3 Å². The number of carbonyl (C=O) groups excluding carboxylic acids is 1. The lowest BCUT2D eigenvalue weighted by atomic mass is 9.83. The maximum absolute atomic E-state index is 13.1. The van der Waals surface area contributed by atoms with Gasteiger partial charge in [0.2, 0.25) is 5.91 Å². The van der Waals surface area contributed by atoms with Crippen molar-refractivity contribution >= 4 is 18.0 Å². The Balaban J connectivity index is 1.40. The minimum Gasteiger partial charge on any atom is -0.480 e. The number of carboxylic acid groups (broad SMARTS) is 1. The number of likely N-dealkylation sites (tertiary alicyclic amines) is 1. The third kappa shape index (κ3) is 5.57. The van der Waals surface area contributed by atoms with Gasteiger partial charge in [-0.2, -0.15) is 0 Å². The van der Waals surface area contributed by atoms with Crippen molar-refractivity contribution in [1.82, 2.24) is 4.90 Å². The number of carboxylic acids is 1. The Bertz CT molecular complexity index is 1030. The average molecular weight is 463 g/mol. The van der Waals surface area contributed by atoms with E-state index in [1.54, 1.807) is 0 Å². The van der Waals surface area contributed by atoms with Crippen LogP contribution in [0.2, 0.25) is 0 Å². The minimum absolute atomic E-state index is 0.137. The summed E-state index contributed by atoms with van der Waals surface area (Å²) in [5.74, 6) is -1.12. The number of aliphatic carboxylic acids is 1. The zero-order valence-electron chi connectivity index (χ0n) is 19.6. The summed E-state index contributed by atoms with van der Waals surface area (Å²) in [5.41, 5.74) is 10.5. The van der Waals surface area contributed by atoms with Crippen LogP contribution in [-0.4, -0.2) is 46.6 Å². The molecular weight excluding hydrogens is 428 g/mol. The van der Waals surface area contributed by atoms with Crippen molar-refractivity contribution in [3.63, 3.8) is 0 Å². The molecule has 3 N–H and O–H groups in total. The summed E-state index contributed by atoms with van der Waals surface area (Å²) < 4.78 is 6.10. The highest BCUT2D eigenvalue weighted by atomic mass is 16.5. The first-order valence-electron chi connectivity index (χ1n) is 12.2. The molecule has 1 saturated carbocycles. The maximum Gasteiger partial charge on any atom is 0.326 e. The molecule has 0 bridgehead atoms. The van der Waals surface area contributed by atoms with Crippen LogP contribution >= 0.6 is 0 Å². The molecule has 2 fully saturated rings. The summed E-state index contributed by atoms with van der Waals surface area (Å²) >= 11 is 0. The molecule has 1 saturated heterocycles. The Labute approximate surface area is 201 Å². The van der Waals surface area contributed by atoms with Crippen LogP contribution in [0.15, 0.2) is 55.1 Å². The van der Waals surface area contributed by atoms with Crippen molar-refractivity contribution in [2.45, 2.75) is 63.3 Å². The van der Waals surface area contributed by atoms with E-state index >= 15 is 0 Å². The predicted octanol–water partition coefficient (Wildman–Crippen LogP) is 4.47. The van der Waals surface area contributed by atoms with Gasteiger partial charge in [0.1, 0.15) is 6.04 Å². The smallest absolute Gasteiger partial charge is 0.326 e. The van der Waals surface area contributed by atoms with Crippen LogP contribution in [0, 0.1) is 5.92 Å². The number of hydrogen-bond acceptors (Lipinski definition) is 4. The number of ether oxygens (including phenoxy) is 1. The average Bonchev–Trinajstić information content (AvgIpc) is 3.32. The van der Waals surface area contributed by atoms with Crippen molar-refractivity contribution in [1.29, 1.82) is 0 Å². The van der Waals surface area contributed by atoms with Gasteiger partial charge in [0.15, 0.2) is 0 Å². The van der Waals surface area contributed by atoms with Crippen molar-refractivity contribution in [3.8, 4) is 11.1 Å². The van der Waals surface area contributed by atoms with E-state index in [0.717, 1.165) is 47.9 Å². The van der Waals surface area contributed by atoms with Crippen molar-refractivity contribution < 1.29 is 19.4 Å². The second-order valence-electron chi connectivity index (χ2n) is 9.47. The topological polar surface area (TPSA) is 92.9 Å². The van der Waals surface area contributed by atoms with E-state index in [0.29, 0.717) is 6.61 Å². The molecule has 34 heavy (non-hydrogen) atoms. The quantitative estimate of drug-likeness (QED) is 0.604. The minimum atomic E-state index is -1.00. The lowest BCUT2D eigenvalue weighted by Crippen LogP contribution is -2.51. The first-order valence-corrected chi connectivity index (χ1v) is 12.2. The van der Waals surface area contributed by atoms with Crippen molar-refractivity contribution in [2.75, 3.05) is 6.54 Å². The van der Waals surface area contributed by atoms with E-state index in [4.69, 9.17) is 10.5 Å². The second kappa shape index (κ2) is 11.0. The molecule has 180 valence electrons.